The fourth-order valence-electron chi connectivity index (χ4n) is 1.57. The molecule has 0 bridgehead atoms. The van der Waals surface area contributed by atoms with Gasteiger partial charge in [0.2, 0.25) is 5.75 Å². The zero-order valence-electron chi connectivity index (χ0n) is 10.6. The minimum atomic E-state index is -0.496. The van der Waals surface area contributed by atoms with Crippen molar-refractivity contribution in [2.24, 2.45) is 5.73 Å². The summed E-state index contributed by atoms with van der Waals surface area (Å²) in [6, 6.07) is 7.82. The number of nitrogens with two attached hydrogens (primary N) is 1. The Labute approximate surface area is 123 Å². The van der Waals surface area contributed by atoms with E-state index in [1.165, 1.54) is 18.3 Å². The van der Waals surface area contributed by atoms with Gasteiger partial charge in [-0.25, -0.2) is 0 Å². The summed E-state index contributed by atoms with van der Waals surface area (Å²) in [5.74, 6) is 0.577. The third kappa shape index (κ3) is 3.31. The first-order valence-electron chi connectivity index (χ1n) is 5.80. The van der Waals surface area contributed by atoms with E-state index < -0.39 is 4.92 Å². The molecule has 1 aromatic carbocycles. The third-order valence-electron chi connectivity index (χ3n) is 2.57. The summed E-state index contributed by atoms with van der Waals surface area (Å²) in [6.45, 7) is 1.82. The van der Waals surface area contributed by atoms with Crippen molar-refractivity contribution in [2.45, 2.75) is 13.0 Å². The normalized spacial score (nSPS) is 11.9. The first-order chi connectivity index (χ1) is 9.47. The van der Waals surface area contributed by atoms with Crippen molar-refractivity contribution in [3.05, 3.63) is 56.8 Å². The molecule has 2 rings (SSSR count). The number of hydrogen-bond acceptors (Lipinski definition) is 5. The molecule has 20 heavy (non-hydrogen) atoms. The molecular formula is C13H12BrN3O3. The predicted molar refractivity (Wildman–Crippen MR) is 77.7 cm³/mol. The van der Waals surface area contributed by atoms with Gasteiger partial charge >= 0.3 is 5.69 Å². The number of ether oxygens (including phenoxy) is 1. The molecule has 0 aliphatic heterocycles. The van der Waals surface area contributed by atoms with Gasteiger partial charge in [-0.3, -0.25) is 15.1 Å². The summed E-state index contributed by atoms with van der Waals surface area (Å²) in [5.41, 5.74) is 6.31. The van der Waals surface area contributed by atoms with E-state index in [9.17, 15) is 10.1 Å². The fourth-order valence-corrected chi connectivity index (χ4v) is 1.92. The number of rotatable bonds is 4. The predicted octanol–water partition coefficient (Wildman–Crippen LogP) is 3.56. The average Bonchev–Trinajstić information content (AvgIpc) is 2.41. The number of nitro groups is 1. The van der Waals surface area contributed by atoms with Gasteiger partial charge in [0.25, 0.3) is 0 Å². The lowest BCUT2D eigenvalue weighted by Crippen LogP contribution is -2.06. The molecule has 6 nitrogen and oxygen atoms in total. The van der Waals surface area contributed by atoms with E-state index in [1.54, 1.807) is 18.2 Å². The molecule has 2 N–H and O–H groups in total. The van der Waals surface area contributed by atoms with Crippen LogP contribution in [0.2, 0.25) is 0 Å². The smallest absolute Gasteiger partial charge is 0.312 e. The zero-order valence-corrected chi connectivity index (χ0v) is 12.2. The van der Waals surface area contributed by atoms with Crippen molar-refractivity contribution in [3.63, 3.8) is 0 Å². The maximum Gasteiger partial charge on any atom is 0.312 e. The Balaban J connectivity index is 2.28. The Hall–Kier alpha value is -1.99. The van der Waals surface area contributed by atoms with Gasteiger partial charge in [-0.2, -0.15) is 0 Å². The lowest BCUT2D eigenvalue weighted by atomic mass is 10.2. The van der Waals surface area contributed by atoms with Crippen LogP contribution in [-0.2, 0) is 0 Å². The molecule has 0 amide bonds. The van der Waals surface area contributed by atoms with E-state index in [4.69, 9.17) is 10.5 Å². The third-order valence-corrected chi connectivity index (χ3v) is 3.06. The van der Waals surface area contributed by atoms with Gasteiger partial charge in [0.05, 0.1) is 16.8 Å². The van der Waals surface area contributed by atoms with Crippen molar-refractivity contribution in [1.29, 1.82) is 0 Å². The molecule has 0 unspecified atom stereocenters. The molecule has 1 heterocycles. The van der Waals surface area contributed by atoms with Crippen molar-refractivity contribution in [1.82, 2.24) is 4.98 Å². The van der Waals surface area contributed by atoms with E-state index in [-0.39, 0.29) is 17.5 Å². The molecule has 0 aliphatic carbocycles. The van der Waals surface area contributed by atoms with Crippen molar-refractivity contribution in [2.75, 3.05) is 0 Å². The number of aromatic nitrogens is 1. The maximum absolute atomic E-state index is 11.0. The first-order valence-corrected chi connectivity index (χ1v) is 6.60. The molecule has 0 saturated carbocycles. The van der Waals surface area contributed by atoms with Crippen LogP contribution in [0.5, 0.6) is 11.5 Å². The molecule has 0 spiro atoms. The van der Waals surface area contributed by atoms with Gasteiger partial charge in [0.15, 0.2) is 0 Å². The average molecular weight is 338 g/mol. The standard InChI is InChI=1S/C13H12BrN3O3/c1-8(15)11-4-3-10(7-16-11)20-13-5-2-9(14)6-12(13)17(18)19/h2-8H,15H2,1H3/t8-/m1/s1. The van der Waals surface area contributed by atoms with Crippen LogP contribution in [0.1, 0.15) is 18.7 Å². The molecule has 0 saturated heterocycles. The Kier molecular flexibility index (Phi) is 4.31. The summed E-state index contributed by atoms with van der Waals surface area (Å²) in [4.78, 5) is 14.6. The maximum atomic E-state index is 11.0. The van der Waals surface area contributed by atoms with Gasteiger partial charge < -0.3 is 10.5 Å². The highest BCUT2D eigenvalue weighted by Crippen LogP contribution is 2.33. The second-order valence-corrected chi connectivity index (χ2v) is 5.09. The Morgan fingerprint density at radius 1 is 1.40 bits per heavy atom. The van der Waals surface area contributed by atoms with E-state index in [0.717, 1.165) is 5.69 Å². The van der Waals surface area contributed by atoms with Crippen molar-refractivity contribution < 1.29 is 9.66 Å². The minimum Gasteiger partial charge on any atom is -0.449 e. The number of benzene rings is 1. The lowest BCUT2D eigenvalue weighted by molar-refractivity contribution is -0.385. The van der Waals surface area contributed by atoms with Crippen LogP contribution < -0.4 is 10.5 Å². The lowest BCUT2D eigenvalue weighted by Gasteiger charge is -2.08. The summed E-state index contributed by atoms with van der Waals surface area (Å²) >= 11 is 3.19. The van der Waals surface area contributed by atoms with E-state index >= 15 is 0 Å². The first kappa shape index (κ1) is 14.4. The Morgan fingerprint density at radius 3 is 2.70 bits per heavy atom. The van der Waals surface area contributed by atoms with Gasteiger partial charge in [0.1, 0.15) is 5.75 Å². The molecule has 7 heteroatoms. The van der Waals surface area contributed by atoms with Crippen LogP contribution in [0.4, 0.5) is 5.69 Å². The van der Waals surface area contributed by atoms with E-state index in [2.05, 4.69) is 20.9 Å². The Bertz CT molecular complexity index is 629. The van der Waals surface area contributed by atoms with E-state index in [1.807, 2.05) is 6.92 Å². The number of pyridine rings is 1. The summed E-state index contributed by atoms with van der Waals surface area (Å²) in [7, 11) is 0. The Morgan fingerprint density at radius 2 is 2.15 bits per heavy atom. The topological polar surface area (TPSA) is 91.3 Å². The van der Waals surface area contributed by atoms with Crippen LogP contribution in [0.3, 0.4) is 0 Å². The molecule has 2 aromatic rings. The molecule has 104 valence electrons. The highest BCUT2D eigenvalue weighted by atomic mass is 79.9. The monoisotopic (exact) mass is 337 g/mol. The van der Waals surface area contributed by atoms with Crippen LogP contribution in [0, 0.1) is 10.1 Å². The summed E-state index contributed by atoms with van der Waals surface area (Å²) in [6.07, 6.45) is 1.49. The fraction of sp³-hybridized carbons (Fsp3) is 0.154. The molecule has 1 atom stereocenters. The van der Waals surface area contributed by atoms with Crippen molar-refractivity contribution >= 4 is 21.6 Å². The second-order valence-electron chi connectivity index (χ2n) is 4.18. The van der Waals surface area contributed by atoms with Gasteiger partial charge in [-0.05, 0) is 31.2 Å². The van der Waals surface area contributed by atoms with Crippen LogP contribution in [-0.4, -0.2) is 9.91 Å². The summed E-state index contributed by atoms with van der Waals surface area (Å²) < 4.78 is 6.11. The van der Waals surface area contributed by atoms with Crippen LogP contribution >= 0.6 is 15.9 Å². The largest absolute Gasteiger partial charge is 0.449 e. The second kappa shape index (κ2) is 5.98. The van der Waals surface area contributed by atoms with Gasteiger partial charge in [-0.15, -0.1) is 0 Å². The number of hydrogen-bond donors (Lipinski definition) is 1. The summed E-state index contributed by atoms with van der Waals surface area (Å²) in [5, 5.41) is 11.0. The molecule has 0 radical (unpaired) electrons. The molecule has 0 aliphatic rings. The quantitative estimate of drug-likeness (QED) is 0.680. The van der Waals surface area contributed by atoms with Crippen LogP contribution in [0.25, 0.3) is 0 Å². The van der Waals surface area contributed by atoms with Gasteiger partial charge in [-0.1, -0.05) is 15.9 Å². The van der Waals surface area contributed by atoms with Crippen molar-refractivity contribution in [3.8, 4) is 11.5 Å². The van der Waals surface area contributed by atoms with Crippen LogP contribution in [0.15, 0.2) is 41.0 Å². The molecule has 0 fully saturated rings. The molecule has 1 aromatic heterocycles. The molecular weight excluding hydrogens is 326 g/mol. The van der Waals surface area contributed by atoms with Gasteiger partial charge in [0, 0.05) is 16.6 Å². The number of nitrogens with zero attached hydrogens (tertiary/aromatic N) is 2. The zero-order chi connectivity index (χ0) is 14.7. The number of nitro benzene ring substituents is 1. The highest BCUT2D eigenvalue weighted by molar-refractivity contribution is 9.10. The number of halogens is 1. The van der Waals surface area contributed by atoms with E-state index in [0.29, 0.717) is 10.2 Å². The SMILES string of the molecule is C[C@@H](N)c1ccc(Oc2ccc(Br)cc2[N+](=O)[O-])cn1. The minimum absolute atomic E-state index is 0.115. The highest BCUT2D eigenvalue weighted by Gasteiger charge is 2.16.